The minimum Gasteiger partial charge on any atom is -0.502 e. The van der Waals surface area contributed by atoms with Gasteiger partial charge >= 0.3 is 0 Å². The average Bonchev–Trinajstić information content (AvgIpc) is 1.95. The van der Waals surface area contributed by atoms with Gasteiger partial charge < -0.3 is 5.11 Å². The summed E-state index contributed by atoms with van der Waals surface area (Å²) in [6.45, 7) is 1.78. The molecule has 0 saturated heterocycles. The summed E-state index contributed by atoms with van der Waals surface area (Å²) in [6, 6.07) is 5.20. The molecule has 0 bridgehead atoms. The molecule has 3 nitrogen and oxygen atoms in total. The maximum atomic E-state index is 9.21. The number of nitrogens with two attached hydrogens (primary N) is 1. The van der Waals surface area contributed by atoms with E-state index in [1.165, 1.54) is 0 Å². The van der Waals surface area contributed by atoms with E-state index in [2.05, 4.69) is 0 Å². The van der Waals surface area contributed by atoms with Crippen molar-refractivity contribution in [2.75, 3.05) is 0 Å². The van der Waals surface area contributed by atoms with Gasteiger partial charge in [-0.15, -0.1) is 0 Å². The first kappa shape index (κ1) is 7.05. The first-order valence-corrected chi connectivity index (χ1v) is 3.01. The van der Waals surface area contributed by atoms with Gasteiger partial charge in [0.1, 0.15) is 0 Å². The van der Waals surface area contributed by atoms with Gasteiger partial charge in [-0.25, -0.2) is 5.21 Å². The summed E-state index contributed by atoms with van der Waals surface area (Å²) in [5.74, 6) is 0.144. The Morgan fingerprint density at radius 1 is 1.40 bits per heavy atom. The zero-order valence-corrected chi connectivity index (χ0v) is 5.70. The van der Waals surface area contributed by atoms with Gasteiger partial charge in [-0.05, 0) is 12.5 Å². The molecule has 0 atom stereocenters. The number of aromatic hydroxyl groups is 1. The Morgan fingerprint density at radius 3 is 2.60 bits per heavy atom. The first-order valence-electron chi connectivity index (χ1n) is 3.01. The summed E-state index contributed by atoms with van der Waals surface area (Å²) in [5, 5.41) is 17.8. The number of para-hydroxylation sites is 1. The van der Waals surface area contributed by atoms with Crippen LogP contribution in [0.4, 0.5) is 5.69 Å². The lowest BCUT2D eigenvalue weighted by atomic mass is 10.2. The lowest BCUT2D eigenvalue weighted by molar-refractivity contribution is -0.826. The second-order valence-electron chi connectivity index (χ2n) is 2.14. The van der Waals surface area contributed by atoms with E-state index in [4.69, 9.17) is 5.21 Å². The van der Waals surface area contributed by atoms with Crippen LogP contribution in [0.5, 0.6) is 5.75 Å². The van der Waals surface area contributed by atoms with Crippen molar-refractivity contribution >= 4 is 5.69 Å². The predicted octanol–water partition coefficient (Wildman–Crippen LogP) is 0.285. The van der Waals surface area contributed by atoms with Crippen LogP contribution in [-0.4, -0.2) is 10.3 Å². The molecule has 0 aliphatic heterocycles. The van der Waals surface area contributed by atoms with Gasteiger partial charge in [0.05, 0.1) is 0 Å². The highest BCUT2D eigenvalue weighted by Crippen LogP contribution is 2.21. The molecule has 0 amide bonds. The number of phenols is 1. The molecule has 1 rings (SSSR count). The highest BCUT2D eigenvalue weighted by Gasteiger charge is 2.04. The Kier molecular flexibility index (Phi) is 1.89. The van der Waals surface area contributed by atoms with Crippen molar-refractivity contribution in [2.45, 2.75) is 6.92 Å². The monoisotopic (exact) mass is 140 g/mol. The van der Waals surface area contributed by atoms with Crippen LogP contribution in [0, 0.1) is 6.92 Å². The number of phenolic OH excluding ortho intramolecular Hbond substituents is 1. The SMILES string of the molecule is Cc1cccc([NH2+]O)c1O. The molecule has 0 spiro atoms. The molecule has 0 saturated carbocycles. The molecule has 54 valence electrons. The molecule has 0 aliphatic rings. The third-order valence-electron chi connectivity index (χ3n) is 1.41. The topological polar surface area (TPSA) is 57.1 Å². The molecule has 0 radical (unpaired) electrons. The van der Waals surface area contributed by atoms with E-state index in [1.54, 1.807) is 25.1 Å². The number of hydrogen-bond acceptors (Lipinski definition) is 2. The summed E-state index contributed by atoms with van der Waals surface area (Å²) in [6.07, 6.45) is 0. The Hall–Kier alpha value is -1.06. The van der Waals surface area contributed by atoms with Crippen molar-refractivity contribution < 1.29 is 15.8 Å². The van der Waals surface area contributed by atoms with Crippen molar-refractivity contribution in [1.29, 1.82) is 0 Å². The quantitative estimate of drug-likeness (QED) is 0.298. The molecule has 0 aromatic heterocycles. The van der Waals surface area contributed by atoms with Crippen LogP contribution in [0.15, 0.2) is 18.2 Å². The largest absolute Gasteiger partial charge is 0.502 e. The standard InChI is InChI=1S/C7H9NO2/c1-5-3-2-4-6(8-10)7(5)9/h2-4,8-10H,1H3/p+1. The molecule has 1 aromatic rings. The molecule has 0 unspecified atom stereocenters. The van der Waals surface area contributed by atoms with Crippen LogP contribution < -0.4 is 5.48 Å². The van der Waals surface area contributed by atoms with Crippen LogP contribution in [0.3, 0.4) is 0 Å². The van der Waals surface area contributed by atoms with Gasteiger partial charge in [-0.1, -0.05) is 12.1 Å². The van der Waals surface area contributed by atoms with Crippen LogP contribution in [0.2, 0.25) is 0 Å². The fraction of sp³-hybridized carbons (Fsp3) is 0.143. The van der Waals surface area contributed by atoms with E-state index in [-0.39, 0.29) is 5.75 Å². The van der Waals surface area contributed by atoms with E-state index in [0.29, 0.717) is 5.69 Å². The van der Waals surface area contributed by atoms with Crippen molar-refractivity contribution in [1.82, 2.24) is 0 Å². The van der Waals surface area contributed by atoms with Gasteiger partial charge in [-0.3, -0.25) is 0 Å². The molecule has 4 N–H and O–H groups in total. The van der Waals surface area contributed by atoms with Crippen LogP contribution in [-0.2, 0) is 0 Å². The third-order valence-corrected chi connectivity index (χ3v) is 1.41. The smallest absolute Gasteiger partial charge is 0.204 e. The second-order valence-corrected chi connectivity index (χ2v) is 2.14. The zero-order valence-electron chi connectivity index (χ0n) is 5.70. The summed E-state index contributed by atoms with van der Waals surface area (Å²) in [5.41, 5.74) is 2.12. The third kappa shape index (κ3) is 1.10. The average molecular weight is 140 g/mol. The zero-order chi connectivity index (χ0) is 7.56. The van der Waals surface area contributed by atoms with E-state index in [9.17, 15) is 5.11 Å². The lowest BCUT2D eigenvalue weighted by Gasteiger charge is -1.98. The summed E-state index contributed by atoms with van der Waals surface area (Å²) < 4.78 is 0. The molecule has 0 heterocycles. The van der Waals surface area contributed by atoms with Crippen LogP contribution >= 0.6 is 0 Å². The summed E-state index contributed by atoms with van der Waals surface area (Å²) in [7, 11) is 0. The number of rotatable bonds is 1. The van der Waals surface area contributed by atoms with E-state index in [1.807, 2.05) is 0 Å². The Labute approximate surface area is 58.9 Å². The Balaban J connectivity index is 3.14. The van der Waals surface area contributed by atoms with Crippen LogP contribution in [0.1, 0.15) is 5.56 Å². The Bertz CT molecular complexity index is 235. The highest BCUT2D eigenvalue weighted by atomic mass is 16.5. The van der Waals surface area contributed by atoms with Crippen molar-refractivity contribution in [3.8, 4) is 5.75 Å². The molecule has 0 aliphatic carbocycles. The maximum Gasteiger partial charge on any atom is 0.204 e. The second kappa shape index (κ2) is 2.68. The van der Waals surface area contributed by atoms with Gasteiger partial charge in [0.15, 0.2) is 5.75 Å². The van der Waals surface area contributed by atoms with Gasteiger partial charge in [0, 0.05) is 6.07 Å². The molecule has 1 aromatic carbocycles. The minimum atomic E-state index is 0.144. The summed E-state index contributed by atoms with van der Waals surface area (Å²) in [4.78, 5) is 0. The molecular weight excluding hydrogens is 130 g/mol. The van der Waals surface area contributed by atoms with Crippen LogP contribution in [0.25, 0.3) is 0 Å². The maximum absolute atomic E-state index is 9.21. The van der Waals surface area contributed by atoms with E-state index >= 15 is 0 Å². The molecular formula is C7H10NO2+. The fourth-order valence-corrected chi connectivity index (χ4v) is 0.786. The van der Waals surface area contributed by atoms with Gasteiger partial charge in [-0.2, -0.15) is 5.48 Å². The van der Waals surface area contributed by atoms with Gasteiger partial charge in [0.25, 0.3) is 0 Å². The fourth-order valence-electron chi connectivity index (χ4n) is 0.786. The van der Waals surface area contributed by atoms with Crippen molar-refractivity contribution in [3.05, 3.63) is 23.8 Å². The number of quaternary nitrogens is 1. The van der Waals surface area contributed by atoms with E-state index in [0.717, 1.165) is 11.0 Å². The molecule has 3 heteroatoms. The minimum absolute atomic E-state index is 0.144. The lowest BCUT2D eigenvalue weighted by Crippen LogP contribution is -2.73. The highest BCUT2D eigenvalue weighted by molar-refractivity contribution is 5.48. The van der Waals surface area contributed by atoms with Crippen molar-refractivity contribution in [2.24, 2.45) is 0 Å². The number of benzene rings is 1. The summed E-state index contributed by atoms with van der Waals surface area (Å²) >= 11 is 0. The van der Waals surface area contributed by atoms with Gasteiger partial charge in [0.2, 0.25) is 5.69 Å². The van der Waals surface area contributed by atoms with Crippen molar-refractivity contribution in [3.63, 3.8) is 0 Å². The Morgan fingerprint density at radius 2 is 2.10 bits per heavy atom. The number of aryl methyl sites for hydroxylation is 1. The van der Waals surface area contributed by atoms with E-state index < -0.39 is 0 Å². The number of hydrogen-bond donors (Lipinski definition) is 3. The predicted molar refractivity (Wildman–Crippen MR) is 36.2 cm³/mol. The first-order chi connectivity index (χ1) is 4.75. The molecule has 0 fully saturated rings. The normalized spacial score (nSPS) is 9.80. The molecule has 10 heavy (non-hydrogen) atoms.